The molecule has 0 atom stereocenters. The smallest absolute Gasteiger partial charge is 0.247 e. The maximum atomic E-state index is 11.2. The van der Waals surface area contributed by atoms with E-state index >= 15 is 0 Å². The predicted molar refractivity (Wildman–Crippen MR) is 42.4 cm³/mol. The fourth-order valence-electron chi connectivity index (χ4n) is 1.61. The largest absolute Gasteiger partial charge is 0.662 e. The first-order valence-electron chi connectivity index (χ1n) is 4.00. The summed E-state index contributed by atoms with van der Waals surface area (Å²) in [6.07, 6.45) is 1.83. The molecule has 2 aliphatic heterocycles. The van der Waals surface area contributed by atoms with Gasteiger partial charge < -0.3 is 10.6 Å². The fraction of sp³-hybridized carbons (Fsp3) is 0.625. The molecule has 2 rings (SSSR count). The van der Waals surface area contributed by atoms with Gasteiger partial charge in [0.15, 0.2) is 0 Å². The number of nitrogens with one attached hydrogen (secondary N) is 1. The molecular weight excluding hydrogens is 229 g/mol. The van der Waals surface area contributed by atoms with Gasteiger partial charge in [0.25, 0.3) is 0 Å². The summed E-state index contributed by atoms with van der Waals surface area (Å²) < 4.78 is 0. The van der Waals surface area contributed by atoms with Crippen LogP contribution in [-0.4, -0.2) is 25.5 Å². The molecule has 0 aromatic rings. The number of amides is 1. The Morgan fingerprint density at radius 3 is 2.83 bits per heavy atom. The molecule has 2 heterocycles. The predicted octanol–water partition coefficient (Wildman–Crippen LogP) is 0.578. The van der Waals surface area contributed by atoms with Gasteiger partial charge in [-0.3, -0.25) is 4.79 Å². The monoisotopic (exact) mass is 240 g/mol. The van der Waals surface area contributed by atoms with Gasteiger partial charge in [-0.2, -0.15) is 0 Å². The van der Waals surface area contributed by atoms with Crippen molar-refractivity contribution in [2.45, 2.75) is 12.8 Å². The second kappa shape index (κ2) is 4.49. The van der Waals surface area contributed by atoms with Gasteiger partial charge >= 0.3 is 0 Å². The second-order valence-electron chi connectivity index (χ2n) is 2.94. The van der Waals surface area contributed by atoms with E-state index in [0.717, 1.165) is 38.0 Å². The molecule has 1 N–H and O–H groups in total. The zero-order chi connectivity index (χ0) is 7.68. The van der Waals surface area contributed by atoms with Crippen LogP contribution in [0.5, 0.6) is 0 Å². The minimum absolute atomic E-state index is 0. The Morgan fingerprint density at radius 2 is 2.00 bits per heavy atom. The molecule has 0 saturated heterocycles. The number of hydrogen-bond acceptors (Lipinski definition) is 1. The SMILES string of the molecule is O=C1NCC2=C1CC[N-]CC2.[Y]. The van der Waals surface area contributed by atoms with Crippen molar-refractivity contribution in [2.75, 3.05) is 19.6 Å². The van der Waals surface area contributed by atoms with E-state index in [9.17, 15) is 4.79 Å². The third-order valence-corrected chi connectivity index (χ3v) is 2.25. The Kier molecular flexibility index (Phi) is 3.88. The van der Waals surface area contributed by atoms with Crippen LogP contribution in [0.4, 0.5) is 0 Å². The van der Waals surface area contributed by atoms with Crippen LogP contribution in [0.2, 0.25) is 0 Å². The Hall–Kier alpha value is 0.274. The number of nitrogens with zero attached hydrogens (tertiary/aromatic N) is 1. The van der Waals surface area contributed by atoms with Gasteiger partial charge in [-0.25, -0.2) is 0 Å². The van der Waals surface area contributed by atoms with Gasteiger partial charge in [-0.1, -0.05) is 0 Å². The van der Waals surface area contributed by atoms with Crippen molar-refractivity contribution in [3.63, 3.8) is 0 Å². The summed E-state index contributed by atoms with van der Waals surface area (Å²) in [5, 5.41) is 7.10. The van der Waals surface area contributed by atoms with E-state index in [-0.39, 0.29) is 38.6 Å². The van der Waals surface area contributed by atoms with E-state index in [4.69, 9.17) is 0 Å². The van der Waals surface area contributed by atoms with Crippen molar-refractivity contribution >= 4 is 5.91 Å². The third-order valence-electron chi connectivity index (χ3n) is 2.25. The van der Waals surface area contributed by atoms with E-state index in [0.29, 0.717) is 0 Å². The van der Waals surface area contributed by atoms with Gasteiger partial charge in [0.2, 0.25) is 5.91 Å². The molecule has 0 fully saturated rings. The molecule has 0 aliphatic carbocycles. The molecule has 1 radical (unpaired) electrons. The van der Waals surface area contributed by atoms with Crippen LogP contribution in [0.1, 0.15) is 12.8 Å². The number of carbonyl (C=O) groups excluding carboxylic acids is 1. The summed E-state index contributed by atoms with van der Waals surface area (Å²) in [7, 11) is 0. The molecule has 0 saturated carbocycles. The van der Waals surface area contributed by atoms with Crippen molar-refractivity contribution in [3.8, 4) is 0 Å². The van der Waals surface area contributed by atoms with Crippen molar-refractivity contribution in [2.24, 2.45) is 0 Å². The van der Waals surface area contributed by atoms with E-state index < -0.39 is 0 Å². The molecule has 12 heavy (non-hydrogen) atoms. The zero-order valence-corrected chi connectivity index (χ0v) is 9.81. The normalized spacial score (nSPS) is 22.5. The molecule has 63 valence electrons. The van der Waals surface area contributed by atoms with Crippen LogP contribution >= 0.6 is 0 Å². The van der Waals surface area contributed by atoms with E-state index in [2.05, 4.69) is 10.6 Å². The number of hydrogen-bond donors (Lipinski definition) is 1. The van der Waals surface area contributed by atoms with Crippen molar-refractivity contribution in [1.29, 1.82) is 0 Å². The van der Waals surface area contributed by atoms with Crippen molar-refractivity contribution in [1.82, 2.24) is 5.32 Å². The van der Waals surface area contributed by atoms with Gasteiger partial charge in [-0.15, -0.1) is 13.1 Å². The maximum absolute atomic E-state index is 11.2. The minimum atomic E-state index is 0. The number of rotatable bonds is 0. The van der Waals surface area contributed by atoms with E-state index in [1.54, 1.807) is 0 Å². The van der Waals surface area contributed by atoms with E-state index in [1.165, 1.54) is 5.57 Å². The molecule has 0 spiro atoms. The first kappa shape index (κ1) is 10.4. The van der Waals surface area contributed by atoms with Crippen LogP contribution in [0.25, 0.3) is 5.32 Å². The maximum Gasteiger partial charge on any atom is 0.247 e. The molecular formula is C8H11N2OY-. The Labute approximate surface area is 97.2 Å². The summed E-state index contributed by atoms with van der Waals surface area (Å²) in [5.41, 5.74) is 2.29. The Balaban J connectivity index is 0.000000720. The van der Waals surface area contributed by atoms with Crippen LogP contribution in [0.3, 0.4) is 0 Å². The fourth-order valence-corrected chi connectivity index (χ4v) is 1.61. The van der Waals surface area contributed by atoms with Crippen LogP contribution in [0.15, 0.2) is 11.1 Å². The molecule has 2 aliphatic rings. The van der Waals surface area contributed by atoms with Gasteiger partial charge in [-0.05, 0) is 18.4 Å². The van der Waals surface area contributed by atoms with Crippen LogP contribution < -0.4 is 5.32 Å². The first-order valence-corrected chi connectivity index (χ1v) is 4.00. The summed E-state index contributed by atoms with van der Waals surface area (Å²) in [6.45, 7) is 2.49. The summed E-state index contributed by atoms with van der Waals surface area (Å²) in [4.78, 5) is 11.2. The van der Waals surface area contributed by atoms with Gasteiger partial charge in [0.05, 0.1) is 0 Å². The summed E-state index contributed by atoms with van der Waals surface area (Å²) in [6, 6.07) is 0. The zero-order valence-electron chi connectivity index (χ0n) is 6.97. The molecule has 4 heteroatoms. The van der Waals surface area contributed by atoms with Gasteiger partial charge in [0.1, 0.15) is 0 Å². The summed E-state index contributed by atoms with van der Waals surface area (Å²) in [5.74, 6) is 0.136. The molecule has 0 unspecified atom stereocenters. The molecule has 1 amide bonds. The average Bonchev–Trinajstić information content (AvgIpc) is 2.25. The third kappa shape index (κ3) is 1.95. The van der Waals surface area contributed by atoms with Crippen LogP contribution in [0, 0.1) is 0 Å². The quantitative estimate of drug-likeness (QED) is 0.661. The van der Waals surface area contributed by atoms with E-state index in [1.807, 2.05) is 0 Å². The first-order chi connectivity index (χ1) is 5.38. The Morgan fingerprint density at radius 1 is 1.25 bits per heavy atom. The molecule has 0 aromatic carbocycles. The van der Waals surface area contributed by atoms with Crippen molar-refractivity contribution < 1.29 is 37.5 Å². The average molecular weight is 240 g/mol. The summed E-state index contributed by atoms with van der Waals surface area (Å²) >= 11 is 0. The standard InChI is InChI=1S/C8H11N2O.Y/c11-8-7-2-4-9-3-1-6(7)5-10-8;/h1-5H2,(H,10,11);/q-1;. The minimum Gasteiger partial charge on any atom is -0.662 e. The number of carbonyl (C=O) groups is 1. The molecule has 3 nitrogen and oxygen atoms in total. The topological polar surface area (TPSA) is 43.2 Å². The second-order valence-corrected chi connectivity index (χ2v) is 2.94. The Bertz CT molecular complexity index is 225. The van der Waals surface area contributed by atoms with Crippen molar-refractivity contribution in [3.05, 3.63) is 16.5 Å². The molecule has 0 aromatic heterocycles. The van der Waals surface area contributed by atoms with Crippen LogP contribution in [-0.2, 0) is 37.5 Å². The van der Waals surface area contributed by atoms with Gasteiger partial charge in [0, 0.05) is 44.8 Å². The molecule has 0 bridgehead atoms.